The summed E-state index contributed by atoms with van der Waals surface area (Å²) >= 11 is 0. The Morgan fingerprint density at radius 3 is 2.48 bits per heavy atom. The van der Waals surface area contributed by atoms with E-state index < -0.39 is 11.4 Å². The topological polar surface area (TPSA) is 37.3 Å². The van der Waals surface area contributed by atoms with Crippen LogP contribution in [-0.4, -0.2) is 11.1 Å². The Labute approximate surface area is 140 Å². The summed E-state index contributed by atoms with van der Waals surface area (Å²) in [7, 11) is 0. The van der Waals surface area contributed by atoms with E-state index in [1.54, 1.807) is 0 Å². The predicted molar refractivity (Wildman–Crippen MR) is 92.1 cm³/mol. The number of hydrogen-bond donors (Lipinski definition) is 1. The number of allylic oxidation sites excluding steroid dienone is 1. The molecule has 4 aliphatic rings. The molecule has 0 amide bonds. The predicted octanol–water partition coefficient (Wildman–Crippen LogP) is 5.43. The Bertz CT molecular complexity index is 580. The van der Waals surface area contributed by atoms with E-state index in [0.29, 0.717) is 22.7 Å². The summed E-state index contributed by atoms with van der Waals surface area (Å²) in [5.74, 6) is 0.510. The van der Waals surface area contributed by atoms with Crippen LogP contribution >= 0.6 is 0 Å². The maximum absolute atomic E-state index is 12.1. The second kappa shape index (κ2) is 4.43. The zero-order valence-corrected chi connectivity index (χ0v) is 15.1. The molecule has 0 radical (unpaired) electrons. The van der Waals surface area contributed by atoms with Gasteiger partial charge in [0.25, 0.3) is 0 Å². The Balaban J connectivity index is 1.76. The van der Waals surface area contributed by atoms with Crippen LogP contribution in [-0.2, 0) is 4.79 Å². The molecule has 4 rings (SSSR count). The van der Waals surface area contributed by atoms with Gasteiger partial charge in [-0.15, -0.1) is 0 Å². The Morgan fingerprint density at radius 1 is 1.09 bits per heavy atom. The van der Waals surface area contributed by atoms with Crippen molar-refractivity contribution in [3.8, 4) is 0 Å². The molecule has 4 aliphatic carbocycles. The summed E-state index contributed by atoms with van der Waals surface area (Å²) in [5, 5.41) is 9.95. The van der Waals surface area contributed by atoms with Gasteiger partial charge in [0.05, 0.1) is 5.41 Å². The first-order valence-corrected chi connectivity index (χ1v) is 9.58. The summed E-state index contributed by atoms with van der Waals surface area (Å²) in [6, 6.07) is 0. The minimum absolute atomic E-state index is 0.218. The van der Waals surface area contributed by atoms with E-state index >= 15 is 0 Å². The lowest BCUT2D eigenvalue weighted by Crippen LogP contribution is -2.58. The fraction of sp³-hybridized carbons (Fsp3) is 0.857. The van der Waals surface area contributed by atoms with Crippen LogP contribution in [0, 0.1) is 33.5 Å². The normalized spacial score (nSPS) is 55.2. The van der Waals surface area contributed by atoms with E-state index in [-0.39, 0.29) is 5.41 Å². The molecule has 4 fully saturated rings. The van der Waals surface area contributed by atoms with Gasteiger partial charge in [0.2, 0.25) is 0 Å². The first-order valence-electron chi connectivity index (χ1n) is 9.58. The molecule has 6 atom stereocenters. The van der Waals surface area contributed by atoms with Crippen molar-refractivity contribution in [3.05, 3.63) is 12.2 Å². The van der Waals surface area contributed by atoms with E-state index in [9.17, 15) is 9.90 Å². The number of rotatable bonds is 1. The Kier molecular flexibility index (Phi) is 3.03. The third-order valence-electron chi connectivity index (χ3n) is 9.08. The fourth-order valence-electron chi connectivity index (χ4n) is 7.93. The van der Waals surface area contributed by atoms with Gasteiger partial charge in [-0.05, 0) is 86.4 Å². The highest BCUT2D eigenvalue weighted by atomic mass is 16.4. The largest absolute Gasteiger partial charge is 0.481 e. The van der Waals surface area contributed by atoms with Gasteiger partial charge in [-0.2, -0.15) is 0 Å². The highest BCUT2D eigenvalue weighted by Crippen LogP contribution is 2.74. The van der Waals surface area contributed by atoms with E-state index in [4.69, 9.17) is 0 Å². The average Bonchev–Trinajstić information content (AvgIpc) is 2.63. The smallest absolute Gasteiger partial charge is 0.309 e. The average molecular weight is 316 g/mol. The van der Waals surface area contributed by atoms with Crippen LogP contribution < -0.4 is 0 Å². The molecule has 0 saturated heterocycles. The fourth-order valence-corrected chi connectivity index (χ4v) is 7.93. The van der Waals surface area contributed by atoms with Gasteiger partial charge in [-0.25, -0.2) is 0 Å². The molecule has 2 heteroatoms. The van der Waals surface area contributed by atoms with Crippen molar-refractivity contribution in [2.75, 3.05) is 0 Å². The molecule has 0 unspecified atom stereocenters. The maximum atomic E-state index is 12.1. The molecule has 128 valence electrons. The SMILES string of the molecule is C=C1C[C@]23CC[C@H]4[C@@](C)(CCC[C@@]4(C)C(=O)O)[C@@H]2CC[C@@]1(C)C3. The number of carboxylic acids is 1. The third-order valence-corrected chi connectivity index (χ3v) is 9.08. The molecule has 4 saturated carbocycles. The quantitative estimate of drug-likeness (QED) is 0.655. The highest BCUT2D eigenvalue weighted by Gasteiger charge is 2.66. The zero-order chi connectivity index (χ0) is 16.7. The van der Waals surface area contributed by atoms with Crippen LogP contribution in [0.25, 0.3) is 0 Å². The molecule has 23 heavy (non-hydrogen) atoms. The first-order chi connectivity index (χ1) is 10.7. The number of carbonyl (C=O) groups is 1. The third kappa shape index (κ3) is 1.79. The van der Waals surface area contributed by atoms with Gasteiger partial charge >= 0.3 is 5.97 Å². The van der Waals surface area contributed by atoms with Crippen molar-refractivity contribution < 1.29 is 9.90 Å². The standard InChI is InChI=1S/C21H32O2/c1-14-12-21-11-7-15-19(3,8-5-9-20(15,4)17(22)23)16(21)6-10-18(14,2)13-21/h15-16H,1,5-13H2,2-4H3,(H,22,23)/t15-,16-,18-,19+,20+,21-/m0/s1. The van der Waals surface area contributed by atoms with E-state index in [1.807, 2.05) is 6.92 Å². The lowest BCUT2D eigenvalue weighted by Gasteiger charge is -2.63. The molecule has 1 N–H and O–H groups in total. The van der Waals surface area contributed by atoms with E-state index in [0.717, 1.165) is 19.3 Å². The van der Waals surface area contributed by atoms with Gasteiger partial charge in [-0.3, -0.25) is 4.79 Å². The molecule has 1 spiro atoms. The number of hydrogen-bond acceptors (Lipinski definition) is 1. The summed E-state index contributed by atoms with van der Waals surface area (Å²) < 4.78 is 0. The highest BCUT2D eigenvalue weighted by molar-refractivity contribution is 5.75. The van der Waals surface area contributed by atoms with Crippen LogP contribution in [0.15, 0.2) is 12.2 Å². The Morgan fingerprint density at radius 2 is 1.78 bits per heavy atom. The monoisotopic (exact) mass is 316 g/mol. The van der Waals surface area contributed by atoms with Gasteiger partial charge in [0, 0.05) is 0 Å². The van der Waals surface area contributed by atoms with Crippen LogP contribution in [0.1, 0.15) is 78.6 Å². The molecule has 0 aliphatic heterocycles. The molecule has 2 nitrogen and oxygen atoms in total. The van der Waals surface area contributed by atoms with Crippen molar-refractivity contribution >= 4 is 5.97 Å². The van der Waals surface area contributed by atoms with Gasteiger partial charge < -0.3 is 5.11 Å². The van der Waals surface area contributed by atoms with Gasteiger partial charge in [0.1, 0.15) is 0 Å². The van der Waals surface area contributed by atoms with Crippen LogP contribution in [0.4, 0.5) is 0 Å². The molecule has 0 aromatic heterocycles. The lowest BCUT2D eigenvalue weighted by molar-refractivity contribution is -0.182. The minimum atomic E-state index is -0.555. The van der Waals surface area contributed by atoms with Crippen molar-refractivity contribution in [2.45, 2.75) is 78.6 Å². The lowest BCUT2D eigenvalue weighted by atomic mass is 9.40. The number of carboxylic acid groups (broad SMARTS) is 1. The number of aliphatic carboxylic acids is 1. The summed E-state index contributed by atoms with van der Waals surface area (Å²) in [6.45, 7) is 11.4. The second-order valence-electron chi connectivity index (χ2n) is 10.1. The summed E-state index contributed by atoms with van der Waals surface area (Å²) in [5.41, 5.74) is 2.00. The second-order valence-corrected chi connectivity index (χ2v) is 10.1. The van der Waals surface area contributed by atoms with Gasteiger partial charge in [-0.1, -0.05) is 32.4 Å². The molecular formula is C21H32O2. The molecule has 0 aromatic carbocycles. The molecule has 0 heterocycles. The zero-order valence-electron chi connectivity index (χ0n) is 15.1. The summed E-state index contributed by atoms with van der Waals surface area (Å²) in [6.07, 6.45) is 10.6. The van der Waals surface area contributed by atoms with Crippen LogP contribution in [0.3, 0.4) is 0 Å². The number of fused-ring (bicyclic) bond motifs is 3. The van der Waals surface area contributed by atoms with E-state index in [2.05, 4.69) is 20.4 Å². The maximum Gasteiger partial charge on any atom is 0.309 e. The van der Waals surface area contributed by atoms with Crippen LogP contribution in [0.5, 0.6) is 0 Å². The van der Waals surface area contributed by atoms with Crippen LogP contribution in [0.2, 0.25) is 0 Å². The van der Waals surface area contributed by atoms with E-state index in [1.165, 1.54) is 44.1 Å². The molecule has 2 bridgehead atoms. The summed E-state index contributed by atoms with van der Waals surface area (Å²) in [4.78, 5) is 12.1. The van der Waals surface area contributed by atoms with Crippen molar-refractivity contribution in [1.29, 1.82) is 0 Å². The molecular weight excluding hydrogens is 284 g/mol. The Hall–Kier alpha value is -0.790. The first kappa shape index (κ1) is 15.7. The van der Waals surface area contributed by atoms with Gasteiger partial charge in [0.15, 0.2) is 0 Å². The van der Waals surface area contributed by atoms with Crippen molar-refractivity contribution in [3.63, 3.8) is 0 Å². The van der Waals surface area contributed by atoms with Crippen molar-refractivity contribution in [2.24, 2.45) is 33.5 Å². The van der Waals surface area contributed by atoms with Crippen molar-refractivity contribution in [1.82, 2.24) is 0 Å². The minimum Gasteiger partial charge on any atom is -0.481 e. The molecule has 0 aromatic rings.